The van der Waals surface area contributed by atoms with E-state index >= 15 is 0 Å². The third-order valence-corrected chi connectivity index (χ3v) is 5.00. The maximum Gasteiger partial charge on any atom is 0.234 e. The van der Waals surface area contributed by atoms with Crippen molar-refractivity contribution in [3.05, 3.63) is 0 Å². The van der Waals surface area contributed by atoms with Gasteiger partial charge in [0, 0.05) is 11.6 Å². The van der Waals surface area contributed by atoms with Crippen molar-refractivity contribution in [1.29, 1.82) is 0 Å². The quantitative estimate of drug-likeness (QED) is 0.807. The van der Waals surface area contributed by atoms with E-state index in [1.807, 2.05) is 0 Å². The highest BCUT2D eigenvalue weighted by Crippen LogP contribution is 2.27. The molecule has 2 aliphatic rings. The van der Waals surface area contributed by atoms with Crippen LogP contribution in [0.1, 0.15) is 52.9 Å². The summed E-state index contributed by atoms with van der Waals surface area (Å²) in [4.78, 5) is 14.6. The maximum atomic E-state index is 12.2. The molecule has 2 N–H and O–H groups in total. The number of likely N-dealkylation sites (tertiary alicyclic amines) is 1. The molecule has 0 aliphatic carbocycles. The van der Waals surface area contributed by atoms with E-state index in [1.165, 1.54) is 25.7 Å². The van der Waals surface area contributed by atoms with Crippen molar-refractivity contribution >= 4 is 5.91 Å². The maximum absolute atomic E-state index is 12.2. The molecule has 2 atom stereocenters. The molecule has 0 aromatic heterocycles. The summed E-state index contributed by atoms with van der Waals surface area (Å²) in [6, 6.07) is 0.610. The van der Waals surface area contributed by atoms with E-state index in [4.69, 9.17) is 0 Å². The number of carbonyl (C=O) groups excluding carboxylic acids is 1. The smallest absolute Gasteiger partial charge is 0.234 e. The summed E-state index contributed by atoms with van der Waals surface area (Å²) in [6.45, 7) is 10.3. The molecule has 2 unspecified atom stereocenters. The molecular formula is C16H31N3O. The van der Waals surface area contributed by atoms with Gasteiger partial charge in [0.1, 0.15) is 0 Å². The van der Waals surface area contributed by atoms with E-state index in [0.717, 1.165) is 32.0 Å². The van der Waals surface area contributed by atoms with Crippen LogP contribution in [-0.2, 0) is 4.79 Å². The summed E-state index contributed by atoms with van der Waals surface area (Å²) >= 11 is 0. The Bertz CT molecular complexity index is 324. The van der Waals surface area contributed by atoms with Crippen LogP contribution in [0, 0.1) is 5.92 Å². The first-order chi connectivity index (χ1) is 9.52. The number of amides is 1. The molecule has 20 heavy (non-hydrogen) atoms. The zero-order valence-corrected chi connectivity index (χ0v) is 13.4. The van der Waals surface area contributed by atoms with E-state index in [2.05, 4.69) is 36.3 Å². The Morgan fingerprint density at radius 3 is 2.80 bits per heavy atom. The van der Waals surface area contributed by atoms with Crippen LogP contribution in [-0.4, -0.2) is 48.6 Å². The predicted octanol–water partition coefficient (Wildman–Crippen LogP) is 1.76. The van der Waals surface area contributed by atoms with Gasteiger partial charge in [-0.15, -0.1) is 0 Å². The second kappa shape index (κ2) is 6.90. The molecule has 116 valence electrons. The van der Waals surface area contributed by atoms with E-state index in [9.17, 15) is 4.79 Å². The Balaban J connectivity index is 1.86. The molecule has 0 spiro atoms. The van der Waals surface area contributed by atoms with Crippen LogP contribution in [0.4, 0.5) is 0 Å². The molecule has 0 radical (unpaired) electrons. The van der Waals surface area contributed by atoms with Gasteiger partial charge in [-0.2, -0.15) is 0 Å². The molecule has 2 saturated heterocycles. The summed E-state index contributed by atoms with van der Waals surface area (Å²) < 4.78 is 0. The molecule has 0 bridgehead atoms. The van der Waals surface area contributed by atoms with Gasteiger partial charge < -0.3 is 10.6 Å². The van der Waals surface area contributed by atoms with Crippen molar-refractivity contribution in [2.24, 2.45) is 5.92 Å². The Kier molecular flexibility index (Phi) is 5.44. The minimum Gasteiger partial charge on any atom is -0.350 e. The minimum atomic E-state index is -0.0846. The molecular weight excluding hydrogens is 250 g/mol. The topological polar surface area (TPSA) is 44.4 Å². The molecule has 0 aromatic carbocycles. The molecule has 1 amide bonds. The first kappa shape index (κ1) is 15.8. The number of hydrogen-bond acceptors (Lipinski definition) is 3. The molecule has 0 aromatic rings. The number of piperidine rings is 1. The minimum absolute atomic E-state index is 0.0846. The molecule has 2 heterocycles. The lowest BCUT2D eigenvalue weighted by Gasteiger charge is -2.35. The summed E-state index contributed by atoms with van der Waals surface area (Å²) in [5.74, 6) is 0.922. The lowest BCUT2D eigenvalue weighted by molar-refractivity contribution is -0.124. The van der Waals surface area contributed by atoms with Gasteiger partial charge >= 0.3 is 0 Å². The van der Waals surface area contributed by atoms with Crippen molar-refractivity contribution in [3.63, 3.8) is 0 Å². The van der Waals surface area contributed by atoms with Crippen LogP contribution >= 0.6 is 0 Å². The van der Waals surface area contributed by atoms with Crippen molar-refractivity contribution in [2.75, 3.05) is 26.2 Å². The average Bonchev–Trinajstić information content (AvgIpc) is 2.87. The number of carbonyl (C=O) groups is 1. The fourth-order valence-corrected chi connectivity index (χ4v) is 3.48. The summed E-state index contributed by atoms with van der Waals surface area (Å²) in [5, 5.41) is 6.67. The van der Waals surface area contributed by atoms with Gasteiger partial charge in [-0.05, 0) is 71.5 Å². The summed E-state index contributed by atoms with van der Waals surface area (Å²) in [7, 11) is 0. The number of nitrogens with zero attached hydrogens (tertiary/aromatic N) is 1. The van der Waals surface area contributed by atoms with Gasteiger partial charge in [-0.1, -0.05) is 6.92 Å². The highest BCUT2D eigenvalue weighted by Gasteiger charge is 2.33. The number of nitrogens with one attached hydrogen (secondary N) is 2. The van der Waals surface area contributed by atoms with E-state index < -0.39 is 0 Å². The second-order valence-electron chi connectivity index (χ2n) is 7.07. The van der Waals surface area contributed by atoms with E-state index in [-0.39, 0.29) is 11.4 Å². The zero-order chi connectivity index (χ0) is 14.6. The van der Waals surface area contributed by atoms with Gasteiger partial charge in [0.05, 0.1) is 6.54 Å². The highest BCUT2D eigenvalue weighted by molar-refractivity contribution is 5.78. The van der Waals surface area contributed by atoms with Crippen LogP contribution in [0.2, 0.25) is 0 Å². The lowest BCUT2D eigenvalue weighted by Crippen LogP contribution is -2.50. The zero-order valence-electron chi connectivity index (χ0n) is 13.4. The van der Waals surface area contributed by atoms with Crippen LogP contribution in [0.25, 0.3) is 0 Å². The van der Waals surface area contributed by atoms with Crippen molar-refractivity contribution < 1.29 is 4.79 Å². The SMILES string of the molecule is CCC(C)(C)NC(=O)CN1CCCC1C1CCCNC1. The van der Waals surface area contributed by atoms with Crippen molar-refractivity contribution in [1.82, 2.24) is 15.5 Å². The first-order valence-electron chi connectivity index (χ1n) is 8.27. The molecule has 2 rings (SSSR count). The van der Waals surface area contributed by atoms with Gasteiger partial charge in [0.15, 0.2) is 0 Å². The molecule has 0 saturated carbocycles. The normalized spacial score (nSPS) is 28.6. The second-order valence-corrected chi connectivity index (χ2v) is 7.07. The number of hydrogen-bond donors (Lipinski definition) is 2. The molecule has 2 fully saturated rings. The van der Waals surface area contributed by atoms with Gasteiger partial charge in [0.2, 0.25) is 5.91 Å². The van der Waals surface area contributed by atoms with Crippen LogP contribution in [0.15, 0.2) is 0 Å². The largest absolute Gasteiger partial charge is 0.350 e. The third-order valence-electron chi connectivity index (χ3n) is 5.00. The van der Waals surface area contributed by atoms with E-state index in [1.54, 1.807) is 0 Å². The fourth-order valence-electron chi connectivity index (χ4n) is 3.48. The monoisotopic (exact) mass is 281 g/mol. The Morgan fingerprint density at radius 1 is 1.35 bits per heavy atom. The lowest BCUT2D eigenvalue weighted by atomic mass is 9.90. The van der Waals surface area contributed by atoms with Gasteiger partial charge in [0.25, 0.3) is 0 Å². The summed E-state index contributed by atoms with van der Waals surface area (Å²) in [6.07, 6.45) is 6.07. The van der Waals surface area contributed by atoms with Crippen LogP contribution < -0.4 is 10.6 Å². The van der Waals surface area contributed by atoms with E-state index in [0.29, 0.717) is 12.6 Å². The van der Waals surface area contributed by atoms with Gasteiger partial charge in [-0.25, -0.2) is 0 Å². The van der Waals surface area contributed by atoms with Gasteiger partial charge in [-0.3, -0.25) is 9.69 Å². The predicted molar refractivity (Wildman–Crippen MR) is 82.7 cm³/mol. The number of rotatable bonds is 5. The molecule has 4 heteroatoms. The fraction of sp³-hybridized carbons (Fsp3) is 0.938. The Labute approximate surface area is 123 Å². The summed E-state index contributed by atoms with van der Waals surface area (Å²) in [5.41, 5.74) is -0.0846. The van der Waals surface area contributed by atoms with Crippen molar-refractivity contribution in [2.45, 2.75) is 64.5 Å². The average molecular weight is 281 g/mol. The van der Waals surface area contributed by atoms with Crippen LogP contribution in [0.5, 0.6) is 0 Å². The molecule has 4 nitrogen and oxygen atoms in total. The third kappa shape index (κ3) is 4.19. The standard InChI is InChI=1S/C16H31N3O/c1-4-16(2,3)18-15(20)12-19-10-6-8-14(19)13-7-5-9-17-11-13/h13-14,17H,4-12H2,1-3H3,(H,18,20). The van der Waals surface area contributed by atoms with Crippen molar-refractivity contribution in [3.8, 4) is 0 Å². The Morgan fingerprint density at radius 2 is 2.15 bits per heavy atom. The molecule has 2 aliphatic heterocycles. The first-order valence-corrected chi connectivity index (χ1v) is 8.27. The highest BCUT2D eigenvalue weighted by atomic mass is 16.2. The van der Waals surface area contributed by atoms with Crippen LogP contribution in [0.3, 0.4) is 0 Å². The Hall–Kier alpha value is -0.610.